The van der Waals surface area contributed by atoms with Gasteiger partial charge in [0.05, 0.1) is 0 Å². The molecule has 0 spiro atoms. The lowest BCUT2D eigenvalue weighted by Crippen LogP contribution is -2.36. The van der Waals surface area contributed by atoms with Crippen molar-refractivity contribution in [3.05, 3.63) is 92.4 Å². The number of aryl methyl sites for hydroxylation is 1. The van der Waals surface area contributed by atoms with Crippen molar-refractivity contribution in [2.75, 3.05) is 6.54 Å². The fourth-order valence-electron chi connectivity index (χ4n) is 3.68. The van der Waals surface area contributed by atoms with Gasteiger partial charge in [-0.25, -0.2) is 9.87 Å². The molecule has 0 aliphatic carbocycles. The van der Waals surface area contributed by atoms with E-state index in [0.29, 0.717) is 36.2 Å². The van der Waals surface area contributed by atoms with E-state index in [9.17, 15) is 14.0 Å². The molecule has 2 heterocycles. The van der Waals surface area contributed by atoms with Gasteiger partial charge in [-0.1, -0.05) is 18.2 Å². The Hall–Kier alpha value is -3.29. The zero-order valence-corrected chi connectivity index (χ0v) is 17.7. The van der Waals surface area contributed by atoms with Crippen LogP contribution in [0.25, 0.3) is 11.6 Å². The van der Waals surface area contributed by atoms with E-state index >= 15 is 0 Å². The number of benzene rings is 2. The van der Waals surface area contributed by atoms with Gasteiger partial charge < -0.3 is 4.90 Å². The molecule has 2 aromatic carbocycles. The number of thiophene rings is 1. The van der Waals surface area contributed by atoms with Crippen molar-refractivity contribution in [3.8, 4) is 0 Å². The molecule has 0 unspecified atom stereocenters. The second kappa shape index (κ2) is 8.83. The highest BCUT2D eigenvalue weighted by Gasteiger charge is 2.25. The summed E-state index contributed by atoms with van der Waals surface area (Å²) < 4.78 is 13.5. The summed E-state index contributed by atoms with van der Waals surface area (Å²) in [6.07, 6.45) is 2.51. The first-order valence-electron chi connectivity index (χ1n) is 9.84. The maximum Gasteiger partial charge on any atom is 0.274 e. The average Bonchev–Trinajstić information content (AvgIpc) is 3.21. The Morgan fingerprint density at radius 3 is 2.48 bits per heavy atom. The number of hydroxylamine groups is 1. The Balaban J connectivity index is 1.67. The first-order chi connectivity index (χ1) is 14.9. The van der Waals surface area contributed by atoms with E-state index in [4.69, 9.17) is 5.21 Å². The van der Waals surface area contributed by atoms with Gasteiger partial charge in [0.1, 0.15) is 5.82 Å². The van der Waals surface area contributed by atoms with Gasteiger partial charge in [0.2, 0.25) is 0 Å². The number of hydrogen-bond acceptors (Lipinski definition) is 4. The van der Waals surface area contributed by atoms with Gasteiger partial charge in [0, 0.05) is 34.0 Å². The van der Waals surface area contributed by atoms with Crippen molar-refractivity contribution in [2.45, 2.75) is 19.9 Å². The molecule has 1 aliphatic rings. The maximum absolute atomic E-state index is 13.5. The molecule has 7 heteroatoms. The van der Waals surface area contributed by atoms with E-state index in [-0.39, 0.29) is 11.7 Å². The van der Waals surface area contributed by atoms with Gasteiger partial charge >= 0.3 is 0 Å². The predicted octanol–water partition coefficient (Wildman–Crippen LogP) is 4.44. The monoisotopic (exact) mass is 436 g/mol. The lowest BCUT2D eigenvalue weighted by molar-refractivity contribution is -0.125. The van der Waals surface area contributed by atoms with Crippen LogP contribution in [0.3, 0.4) is 0 Å². The zero-order valence-electron chi connectivity index (χ0n) is 16.9. The SMILES string of the molecule is Cc1ccc(C=C(C(=O)N2CCc3ccc(C(=O)NO)cc3C2)c2ccc(F)cc2)s1. The van der Waals surface area contributed by atoms with Crippen molar-refractivity contribution in [3.63, 3.8) is 0 Å². The van der Waals surface area contributed by atoms with Crippen LogP contribution in [0.2, 0.25) is 0 Å². The third-order valence-corrected chi connectivity index (χ3v) is 6.25. The van der Waals surface area contributed by atoms with Crippen molar-refractivity contribution in [2.24, 2.45) is 0 Å². The van der Waals surface area contributed by atoms with Crippen molar-refractivity contribution in [1.82, 2.24) is 10.4 Å². The Kier molecular flexibility index (Phi) is 5.97. The normalized spacial score (nSPS) is 13.6. The molecule has 1 aliphatic heterocycles. The molecule has 0 saturated heterocycles. The van der Waals surface area contributed by atoms with E-state index in [1.165, 1.54) is 12.1 Å². The first-order valence-corrected chi connectivity index (χ1v) is 10.7. The van der Waals surface area contributed by atoms with Gasteiger partial charge in [0.25, 0.3) is 11.8 Å². The molecule has 0 atom stereocenters. The minimum atomic E-state index is -0.591. The number of amides is 2. The van der Waals surface area contributed by atoms with Crippen LogP contribution in [0, 0.1) is 12.7 Å². The van der Waals surface area contributed by atoms with Crippen LogP contribution >= 0.6 is 11.3 Å². The molecule has 0 saturated carbocycles. The fourth-order valence-corrected chi connectivity index (χ4v) is 4.50. The topological polar surface area (TPSA) is 69.6 Å². The highest BCUT2D eigenvalue weighted by molar-refractivity contribution is 7.12. The number of carbonyl (C=O) groups excluding carboxylic acids is 2. The van der Waals surface area contributed by atoms with E-state index in [2.05, 4.69) is 0 Å². The molecule has 0 radical (unpaired) electrons. The molecule has 2 N–H and O–H groups in total. The molecule has 3 aromatic rings. The third-order valence-electron chi connectivity index (χ3n) is 5.30. The second-order valence-corrected chi connectivity index (χ2v) is 8.73. The number of carbonyl (C=O) groups is 2. The van der Waals surface area contributed by atoms with Crippen LogP contribution in [0.5, 0.6) is 0 Å². The summed E-state index contributed by atoms with van der Waals surface area (Å²) in [4.78, 5) is 29.1. The highest BCUT2D eigenvalue weighted by Crippen LogP contribution is 2.28. The smallest absolute Gasteiger partial charge is 0.274 e. The van der Waals surface area contributed by atoms with Crippen LogP contribution in [0.4, 0.5) is 4.39 Å². The minimum Gasteiger partial charge on any atom is -0.334 e. The van der Waals surface area contributed by atoms with E-state index in [1.807, 2.05) is 31.2 Å². The van der Waals surface area contributed by atoms with Gasteiger partial charge in [0.15, 0.2) is 0 Å². The molecule has 31 heavy (non-hydrogen) atoms. The lowest BCUT2D eigenvalue weighted by Gasteiger charge is -2.30. The molecule has 2 amide bonds. The molecule has 158 valence electrons. The first kappa shape index (κ1) is 21.0. The molecule has 1 aromatic heterocycles. The third kappa shape index (κ3) is 4.57. The number of nitrogens with zero attached hydrogens (tertiary/aromatic N) is 1. The van der Waals surface area contributed by atoms with Crippen LogP contribution in [-0.2, 0) is 17.8 Å². The molecule has 0 bridgehead atoms. The maximum atomic E-state index is 13.5. The van der Waals surface area contributed by atoms with Gasteiger partial charge in [-0.05, 0) is 72.5 Å². The standard InChI is InChI=1S/C24H21FN2O3S/c1-15-2-9-21(31-15)13-22(17-5-7-20(25)8-6-17)24(29)27-11-10-16-3-4-18(23(28)26-30)12-19(16)14-27/h2-9,12-13,30H,10-11,14H2,1H3,(H,26,28). The predicted molar refractivity (Wildman–Crippen MR) is 118 cm³/mol. The average molecular weight is 437 g/mol. The number of fused-ring (bicyclic) bond motifs is 1. The summed E-state index contributed by atoms with van der Waals surface area (Å²) in [5, 5.41) is 8.90. The quantitative estimate of drug-likeness (QED) is 0.361. The Labute approximate surface area is 183 Å². The Morgan fingerprint density at radius 1 is 1.06 bits per heavy atom. The van der Waals surface area contributed by atoms with Crippen LogP contribution in [0.15, 0.2) is 54.6 Å². The largest absolute Gasteiger partial charge is 0.334 e. The zero-order chi connectivity index (χ0) is 22.0. The van der Waals surface area contributed by atoms with Crippen molar-refractivity contribution >= 4 is 34.8 Å². The lowest BCUT2D eigenvalue weighted by atomic mass is 9.95. The Bertz CT molecular complexity index is 1170. The number of rotatable bonds is 4. The van der Waals surface area contributed by atoms with Gasteiger partial charge in [-0.3, -0.25) is 14.8 Å². The van der Waals surface area contributed by atoms with Crippen molar-refractivity contribution in [1.29, 1.82) is 0 Å². The summed E-state index contributed by atoms with van der Waals surface area (Å²) in [6, 6.07) is 15.1. The van der Waals surface area contributed by atoms with Gasteiger partial charge in [-0.15, -0.1) is 11.3 Å². The van der Waals surface area contributed by atoms with Crippen LogP contribution in [-0.4, -0.2) is 28.5 Å². The highest BCUT2D eigenvalue weighted by atomic mass is 32.1. The number of hydrogen-bond donors (Lipinski definition) is 2. The summed E-state index contributed by atoms with van der Waals surface area (Å²) in [5.41, 5.74) is 5.05. The van der Waals surface area contributed by atoms with Gasteiger partial charge in [-0.2, -0.15) is 0 Å². The summed E-state index contributed by atoms with van der Waals surface area (Å²) in [7, 11) is 0. The second-order valence-electron chi connectivity index (χ2n) is 7.41. The number of halogens is 1. The van der Waals surface area contributed by atoms with E-state index in [0.717, 1.165) is 20.9 Å². The molecule has 4 rings (SSSR count). The molecule has 0 fully saturated rings. The van der Waals surface area contributed by atoms with Crippen molar-refractivity contribution < 1.29 is 19.2 Å². The van der Waals surface area contributed by atoms with Crippen LogP contribution < -0.4 is 5.48 Å². The molecular formula is C24H21FN2O3S. The van der Waals surface area contributed by atoms with E-state index in [1.54, 1.807) is 46.0 Å². The Morgan fingerprint density at radius 2 is 1.81 bits per heavy atom. The minimum absolute atomic E-state index is 0.152. The fraction of sp³-hybridized carbons (Fsp3) is 0.167. The van der Waals surface area contributed by atoms with Crippen LogP contribution in [0.1, 0.15) is 36.8 Å². The molecule has 5 nitrogen and oxygen atoms in total. The van der Waals surface area contributed by atoms with E-state index < -0.39 is 5.91 Å². The number of nitrogens with one attached hydrogen (secondary N) is 1. The molecular weight excluding hydrogens is 415 g/mol. The summed E-state index contributed by atoms with van der Waals surface area (Å²) in [5.74, 6) is -1.10. The summed E-state index contributed by atoms with van der Waals surface area (Å²) >= 11 is 1.58. The summed E-state index contributed by atoms with van der Waals surface area (Å²) in [6.45, 7) is 2.89.